The number of alkyl halides is 3. The molecule has 0 aliphatic carbocycles. The lowest BCUT2D eigenvalue weighted by Gasteiger charge is -2.42. The van der Waals surface area contributed by atoms with E-state index in [2.05, 4.69) is 15.5 Å². The summed E-state index contributed by atoms with van der Waals surface area (Å²) in [6, 6.07) is 0.936. The van der Waals surface area contributed by atoms with E-state index >= 15 is 0 Å². The maximum Gasteiger partial charge on any atom is 0.420 e. The molecule has 130 valence electrons. The van der Waals surface area contributed by atoms with Gasteiger partial charge >= 0.3 is 6.18 Å². The molecule has 0 unspecified atom stereocenters. The van der Waals surface area contributed by atoms with Crippen molar-refractivity contribution in [2.24, 2.45) is 0 Å². The Morgan fingerprint density at radius 3 is 2.39 bits per heavy atom. The van der Waals surface area contributed by atoms with E-state index in [9.17, 15) is 18.3 Å². The summed E-state index contributed by atoms with van der Waals surface area (Å²) in [4.78, 5) is 1.97. The minimum absolute atomic E-state index is 0.122. The molecule has 1 aliphatic heterocycles. The molecule has 2 N–H and O–H groups in total. The average molecular weight is 332 g/mol. The number of hydrogen-bond acceptors (Lipinski definition) is 5. The molecule has 1 aliphatic rings. The molecule has 0 saturated carbocycles. The summed E-state index contributed by atoms with van der Waals surface area (Å²) >= 11 is 0. The van der Waals surface area contributed by atoms with Crippen LogP contribution in [0.4, 0.5) is 19.0 Å². The van der Waals surface area contributed by atoms with Crippen LogP contribution in [0.3, 0.4) is 0 Å². The van der Waals surface area contributed by atoms with Crippen molar-refractivity contribution in [2.75, 3.05) is 25.0 Å². The third-order valence-corrected chi connectivity index (χ3v) is 3.62. The van der Waals surface area contributed by atoms with Gasteiger partial charge in [-0.15, -0.1) is 5.10 Å². The third kappa shape index (κ3) is 4.78. The van der Waals surface area contributed by atoms with Crippen LogP contribution in [0.1, 0.15) is 44.9 Å². The van der Waals surface area contributed by atoms with Crippen LogP contribution in [0.5, 0.6) is 0 Å². The first kappa shape index (κ1) is 17.9. The number of likely N-dealkylation sites (tertiary alicyclic amines) is 1. The number of β-amino-alcohol motifs (C(OH)–C–C–N with tert-alkyl or cyclic N) is 1. The zero-order valence-electron chi connectivity index (χ0n) is 13.8. The first-order valence-electron chi connectivity index (χ1n) is 7.62. The number of anilines is 1. The number of aromatic nitrogens is 2. The number of nitrogens with zero attached hydrogens (tertiary/aromatic N) is 3. The molecule has 0 spiro atoms. The Morgan fingerprint density at radius 1 is 1.30 bits per heavy atom. The molecule has 0 amide bonds. The number of hydrogen-bond donors (Lipinski definition) is 2. The number of nitrogens with one attached hydrogen (secondary N) is 1. The Morgan fingerprint density at radius 2 is 1.91 bits per heavy atom. The maximum absolute atomic E-state index is 13.2. The Hall–Kier alpha value is -1.41. The van der Waals surface area contributed by atoms with E-state index in [-0.39, 0.29) is 17.8 Å². The summed E-state index contributed by atoms with van der Waals surface area (Å²) in [5, 5.41) is 20.2. The van der Waals surface area contributed by atoms with Crippen molar-refractivity contribution in [3.63, 3.8) is 0 Å². The molecule has 1 aromatic heterocycles. The molecule has 0 aromatic carbocycles. The lowest BCUT2D eigenvalue weighted by molar-refractivity contribution is -0.137. The van der Waals surface area contributed by atoms with E-state index in [4.69, 9.17) is 0 Å². The molecule has 0 bridgehead atoms. The van der Waals surface area contributed by atoms with Crippen LogP contribution in [0, 0.1) is 0 Å². The number of aliphatic hydroxyl groups is 1. The summed E-state index contributed by atoms with van der Waals surface area (Å²) in [5.74, 6) is -0.349. The molecular weight excluding hydrogens is 309 g/mol. The summed E-state index contributed by atoms with van der Waals surface area (Å²) in [5.41, 5.74) is -1.28. The van der Waals surface area contributed by atoms with Gasteiger partial charge < -0.3 is 10.4 Å². The van der Waals surface area contributed by atoms with Crippen molar-refractivity contribution < 1.29 is 18.3 Å². The van der Waals surface area contributed by atoms with Gasteiger partial charge in [0.15, 0.2) is 5.82 Å². The Labute approximate surface area is 133 Å². The minimum atomic E-state index is -4.47. The largest absolute Gasteiger partial charge is 0.420 e. The molecular formula is C15H23F3N4O. The van der Waals surface area contributed by atoms with Crippen molar-refractivity contribution in [1.82, 2.24) is 15.1 Å². The van der Waals surface area contributed by atoms with Crippen molar-refractivity contribution in [2.45, 2.75) is 51.4 Å². The minimum Gasteiger partial charge on any atom is -0.389 e. The van der Waals surface area contributed by atoms with Gasteiger partial charge in [0.2, 0.25) is 0 Å². The van der Waals surface area contributed by atoms with Gasteiger partial charge in [0.25, 0.3) is 0 Å². The van der Waals surface area contributed by atoms with Gasteiger partial charge in [-0.3, -0.25) is 4.90 Å². The van der Waals surface area contributed by atoms with Crippen LogP contribution in [0.15, 0.2) is 6.07 Å². The molecule has 0 atom stereocenters. The van der Waals surface area contributed by atoms with E-state index in [1.165, 1.54) is 0 Å². The Bertz CT molecular complexity index is 549. The van der Waals surface area contributed by atoms with Gasteiger partial charge in [-0.1, -0.05) is 13.8 Å². The Balaban J connectivity index is 2.06. The lowest BCUT2D eigenvalue weighted by atomic mass is 10.0. The predicted octanol–water partition coefficient (Wildman–Crippen LogP) is 2.49. The highest BCUT2D eigenvalue weighted by atomic mass is 19.4. The second kappa shape index (κ2) is 6.24. The first-order valence-corrected chi connectivity index (χ1v) is 7.62. The summed E-state index contributed by atoms with van der Waals surface area (Å²) in [6.45, 7) is 8.56. The molecule has 0 radical (unpaired) electrons. The van der Waals surface area contributed by atoms with Crippen LogP contribution in [0.25, 0.3) is 0 Å². The predicted molar refractivity (Wildman–Crippen MR) is 81.3 cm³/mol. The molecule has 23 heavy (non-hydrogen) atoms. The van der Waals surface area contributed by atoms with Gasteiger partial charge in [0.1, 0.15) is 5.56 Å². The molecule has 1 fully saturated rings. The number of rotatable bonds is 5. The SMILES string of the molecule is CC(C)c1cc(C(F)(F)F)c(NC2CN(CC(C)(C)O)C2)nn1. The van der Waals surface area contributed by atoms with Gasteiger partial charge in [-0.2, -0.15) is 18.3 Å². The smallest absolute Gasteiger partial charge is 0.389 e. The Kier molecular flexibility index (Phi) is 4.86. The molecule has 5 nitrogen and oxygen atoms in total. The standard InChI is InChI=1S/C15H23F3N4O/c1-9(2)12-5-11(15(16,17)18)13(21-20-12)19-10-6-22(7-10)8-14(3,4)23/h5,9-10,23H,6-8H2,1-4H3,(H,19,21). The highest BCUT2D eigenvalue weighted by Gasteiger charge is 2.37. The van der Waals surface area contributed by atoms with Gasteiger partial charge in [-0.25, -0.2) is 0 Å². The van der Waals surface area contributed by atoms with Crippen molar-refractivity contribution in [1.29, 1.82) is 0 Å². The fourth-order valence-corrected chi connectivity index (χ4v) is 2.54. The molecule has 2 rings (SSSR count). The third-order valence-electron chi connectivity index (χ3n) is 3.62. The van der Waals surface area contributed by atoms with E-state index in [1.54, 1.807) is 27.7 Å². The zero-order valence-corrected chi connectivity index (χ0v) is 13.8. The maximum atomic E-state index is 13.2. The average Bonchev–Trinajstić information content (AvgIpc) is 2.33. The van der Waals surface area contributed by atoms with Gasteiger partial charge in [-0.05, 0) is 25.8 Å². The van der Waals surface area contributed by atoms with E-state index in [0.717, 1.165) is 6.07 Å². The summed E-state index contributed by atoms with van der Waals surface area (Å²) < 4.78 is 39.6. The topological polar surface area (TPSA) is 61.3 Å². The van der Waals surface area contributed by atoms with Gasteiger partial charge in [0.05, 0.1) is 17.3 Å². The van der Waals surface area contributed by atoms with Crippen LogP contribution in [-0.4, -0.2) is 51.5 Å². The summed E-state index contributed by atoms with van der Waals surface area (Å²) in [6.07, 6.45) is -4.47. The van der Waals surface area contributed by atoms with Crippen molar-refractivity contribution >= 4 is 5.82 Å². The fourth-order valence-electron chi connectivity index (χ4n) is 2.54. The van der Waals surface area contributed by atoms with E-state index in [0.29, 0.717) is 25.3 Å². The highest BCUT2D eigenvalue weighted by molar-refractivity contribution is 5.47. The van der Waals surface area contributed by atoms with Crippen molar-refractivity contribution in [3.05, 3.63) is 17.3 Å². The zero-order chi connectivity index (χ0) is 17.4. The molecule has 1 saturated heterocycles. The van der Waals surface area contributed by atoms with Crippen LogP contribution >= 0.6 is 0 Å². The highest BCUT2D eigenvalue weighted by Crippen LogP contribution is 2.35. The van der Waals surface area contributed by atoms with Crippen LogP contribution < -0.4 is 5.32 Å². The number of halogens is 3. The quantitative estimate of drug-likeness (QED) is 0.867. The second-order valence-electron chi connectivity index (χ2n) is 7.03. The molecule has 8 heteroatoms. The molecule has 2 heterocycles. The summed E-state index contributed by atoms with van der Waals surface area (Å²) in [7, 11) is 0. The lowest BCUT2D eigenvalue weighted by Crippen LogP contribution is -2.58. The molecule has 1 aromatic rings. The van der Waals surface area contributed by atoms with E-state index in [1.807, 2.05) is 4.90 Å². The van der Waals surface area contributed by atoms with E-state index < -0.39 is 17.3 Å². The van der Waals surface area contributed by atoms with Crippen LogP contribution in [-0.2, 0) is 6.18 Å². The van der Waals surface area contributed by atoms with Crippen LogP contribution in [0.2, 0.25) is 0 Å². The first-order chi connectivity index (χ1) is 10.5. The fraction of sp³-hybridized carbons (Fsp3) is 0.733. The monoisotopic (exact) mass is 332 g/mol. The normalized spacial score (nSPS) is 17.4. The van der Waals surface area contributed by atoms with Gasteiger partial charge in [0, 0.05) is 19.6 Å². The van der Waals surface area contributed by atoms with Crippen molar-refractivity contribution in [3.8, 4) is 0 Å². The second-order valence-corrected chi connectivity index (χ2v) is 7.03.